The zero-order chi connectivity index (χ0) is 15.1. The van der Waals surface area contributed by atoms with Crippen LogP contribution in [-0.4, -0.2) is 36.2 Å². The van der Waals surface area contributed by atoms with Crippen molar-refractivity contribution in [3.63, 3.8) is 0 Å². The minimum atomic E-state index is -0.0922. The van der Waals surface area contributed by atoms with Crippen molar-refractivity contribution >= 4 is 11.7 Å². The van der Waals surface area contributed by atoms with Crippen LogP contribution in [0.15, 0.2) is 36.0 Å². The predicted octanol–water partition coefficient (Wildman–Crippen LogP) is 1.83. The van der Waals surface area contributed by atoms with Crippen molar-refractivity contribution in [1.82, 2.24) is 4.90 Å². The van der Waals surface area contributed by atoms with Crippen molar-refractivity contribution in [2.24, 2.45) is 11.7 Å². The smallest absolute Gasteiger partial charge is 0.245 e. The monoisotopic (exact) mass is 276 g/mol. The van der Waals surface area contributed by atoms with Gasteiger partial charge < -0.3 is 10.6 Å². The molecule has 0 aromatic rings. The second-order valence-corrected chi connectivity index (χ2v) is 5.18. The zero-order valence-corrected chi connectivity index (χ0v) is 12.4. The molecule has 0 aromatic heterocycles. The average molecular weight is 276 g/mol. The van der Waals surface area contributed by atoms with Crippen molar-refractivity contribution in [3.05, 3.63) is 36.0 Å². The fourth-order valence-electron chi connectivity index (χ4n) is 2.31. The van der Waals surface area contributed by atoms with Crippen molar-refractivity contribution in [2.75, 3.05) is 19.6 Å². The highest BCUT2D eigenvalue weighted by molar-refractivity contribution is 5.89. The number of hydrogen-bond acceptors (Lipinski definition) is 3. The van der Waals surface area contributed by atoms with Gasteiger partial charge in [0.15, 0.2) is 0 Å². The quantitative estimate of drug-likeness (QED) is 0.594. The number of carbonyl (C=O) groups is 2. The molecule has 1 unspecified atom stereocenters. The number of hydrogen-bond donors (Lipinski definition) is 1. The van der Waals surface area contributed by atoms with Gasteiger partial charge in [-0.05, 0) is 31.9 Å². The summed E-state index contributed by atoms with van der Waals surface area (Å²) in [5, 5.41) is 0. The van der Waals surface area contributed by atoms with Gasteiger partial charge >= 0.3 is 0 Å². The molecule has 1 saturated heterocycles. The largest absolute Gasteiger partial charge is 0.338 e. The van der Waals surface area contributed by atoms with E-state index >= 15 is 0 Å². The van der Waals surface area contributed by atoms with E-state index in [0.717, 1.165) is 17.6 Å². The number of likely N-dealkylation sites (tertiary alicyclic amines) is 1. The van der Waals surface area contributed by atoms with Crippen molar-refractivity contribution in [2.45, 2.75) is 26.7 Å². The molecule has 0 saturated carbocycles. The van der Waals surface area contributed by atoms with Gasteiger partial charge in [0.25, 0.3) is 0 Å². The zero-order valence-electron chi connectivity index (χ0n) is 12.4. The lowest BCUT2D eigenvalue weighted by atomic mass is 9.96. The lowest BCUT2D eigenvalue weighted by Crippen LogP contribution is -2.28. The highest BCUT2D eigenvalue weighted by Crippen LogP contribution is 2.21. The molecular formula is C16H24N2O2. The van der Waals surface area contributed by atoms with Gasteiger partial charge in [-0.15, -0.1) is 0 Å². The van der Waals surface area contributed by atoms with E-state index in [9.17, 15) is 9.59 Å². The SMILES string of the molecule is C=CC(=O)N1CCC(C(=O)CC(=C/C)/C=C(\C)CN)C1. The standard InChI is InChI=1S/C16H24N2O2/c1-4-13(8-12(3)10-17)9-15(19)14-6-7-18(11-14)16(20)5-2/h4-5,8,14H,2,6-7,9-11,17H2,1,3H3/b12-8+,13-4+. The van der Waals surface area contributed by atoms with Gasteiger partial charge in [-0.2, -0.15) is 0 Å². The summed E-state index contributed by atoms with van der Waals surface area (Å²) >= 11 is 0. The summed E-state index contributed by atoms with van der Waals surface area (Å²) in [6.45, 7) is 9.00. The number of allylic oxidation sites excluding steroid dienone is 3. The predicted molar refractivity (Wildman–Crippen MR) is 81.1 cm³/mol. The van der Waals surface area contributed by atoms with Crippen LogP contribution in [0.25, 0.3) is 0 Å². The molecule has 2 N–H and O–H groups in total. The van der Waals surface area contributed by atoms with Gasteiger partial charge in [0, 0.05) is 32.0 Å². The maximum atomic E-state index is 12.3. The van der Waals surface area contributed by atoms with Gasteiger partial charge in [0.1, 0.15) is 5.78 Å². The van der Waals surface area contributed by atoms with Gasteiger partial charge in [0.05, 0.1) is 0 Å². The Morgan fingerprint density at radius 3 is 2.70 bits per heavy atom. The Morgan fingerprint density at radius 2 is 2.15 bits per heavy atom. The van der Waals surface area contributed by atoms with E-state index in [-0.39, 0.29) is 17.6 Å². The maximum absolute atomic E-state index is 12.3. The van der Waals surface area contributed by atoms with Gasteiger partial charge in [-0.25, -0.2) is 0 Å². The lowest BCUT2D eigenvalue weighted by molar-refractivity contribution is -0.125. The molecule has 20 heavy (non-hydrogen) atoms. The normalized spacial score (nSPS) is 20.1. The van der Waals surface area contributed by atoms with Gasteiger partial charge in [-0.3, -0.25) is 9.59 Å². The molecule has 1 amide bonds. The van der Waals surface area contributed by atoms with E-state index in [1.807, 2.05) is 26.0 Å². The molecule has 0 spiro atoms. The molecule has 4 heteroatoms. The van der Waals surface area contributed by atoms with Crippen LogP contribution in [0.1, 0.15) is 26.7 Å². The maximum Gasteiger partial charge on any atom is 0.245 e. The van der Waals surface area contributed by atoms with E-state index in [1.165, 1.54) is 6.08 Å². The molecule has 1 atom stereocenters. The fraction of sp³-hybridized carbons (Fsp3) is 0.500. The molecule has 0 aliphatic carbocycles. The molecule has 0 radical (unpaired) electrons. The third kappa shape index (κ3) is 4.46. The third-order valence-corrected chi connectivity index (χ3v) is 3.63. The molecular weight excluding hydrogens is 252 g/mol. The van der Waals surface area contributed by atoms with Crippen LogP contribution >= 0.6 is 0 Å². The van der Waals surface area contributed by atoms with E-state index in [2.05, 4.69) is 6.58 Å². The summed E-state index contributed by atoms with van der Waals surface area (Å²) in [4.78, 5) is 25.5. The number of amides is 1. The summed E-state index contributed by atoms with van der Waals surface area (Å²) in [6, 6.07) is 0. The first-order chi connectivity index (χ1) is 9.51. The molecule has 0 bridgehead atoms. The molecule has 110 valence electrons. The Kier molecular flexibility index (Phi) is 6.39. The van der Waals surface area contributed by atoms with Crippen LogP contribution in [0, 0.1) is 5.92 Å². The number of nitrogens with zero attached hydrogens (tertiary/aromatic N) is 1. The van der Waals surface area contributed by atoms with Crippen LogP contribution in [0.5, 0.6) is 0 Å². The van der Waals surface area contributed by atoms with Crippen molar-refractivity contribution in [3.8, 4) is 0 Å². The lowest BCUT2D eigenvalue weighted by Gasteiger charge is -2.14. The topological polar surface area (TPSA) is 63.4 Å². The minimum Gasteiger partial charge on any atom is -0.338 e. The van der Waals surface area contributed by atoms with E-state index in [0.29, 0.717) is 26.1 Å². The number of ketones is 1. The molecule has 1 rings (SSSR count). The Bertz CT molecular complexity index is 449. The Hall–Kier alpha value is -1.68. The molecule has 1 aliphatic rings. The van der Waals surface area contributed by atoms with Gasteiger partial charge in [0.2, 0.25) is 5.91 Å². The number of nitrogens with two attached hydrogens (primary N) is 1. The fourth-order valence-corrected chi connectivity index (χ4v) is 2.31. The molecule has 1 heterocycles. The highest BCUT2D eigenvalue weighted by Gasteiger charge is 2.29. The summed E-state index contributed by atoms with van der Waals surface area (Å²) < 4.78 is 0. The van der Waals surface area contributed by atoms with E-state index < -0.39 is 0 Å². The Balaban J connectivity index is 2.60. The van der Waals surface area contributed by atoms with Crippen LogP contribution in [0.2, 0.25) is 0 Å². The van der Waals surface area contributed by atoms with Crippen LogP contribution < -0.4 is 5.73 Å². The minimum absolute atomic E-state index is 0.0552. The van der Waals surface area contributed by atoms with Crippen molar-refractivity contribution < 1.29 is 9.59 Å². The Morgan fingerprint density at radius 1 is 1.45 bits per heavy atom. The van der Waals surface area contributed by atoms with Crippen LogP contribution in [0.3, 0.4) is 0 Å². The van der Waals surface area contributed by atoms with E-state index in [4.69, 9.17) is 5.73 Å². The summed E-state index contributed by atoms with van der Waals surface area (Å²) in [5.41, 5.74) is 7.61. The summed E-state index contributed by atoms with van der Waals surface area (Å²) in [7, 11) is 0. The van der Waals surface area contributed by atoms with Crippen molar-refractivity contribution in [1.29, 1.82) is 0 Å². The molecule has 1 fully saturated rings. The number of Topliss-reactive ketones (excluding diaryl/α,β-unsaturated/α-hetero) is 1. The van der Waals surface area contributed by atoms with Gasteiger partial charge in [-0.1, -0.05) is 24.3 Å². The van der Waals surface area contributed by atoms with E-state index in [1.54, 1.807) is 4.90 Å². The van der Waals surface area contributed by atoms with Crippen LogP contribution in [0.4, 0.5) is 0 Å². The first-order valence-corrected chi connectivity index (χ1v) is 6.98. The third-order valence-electron chi connectivity index (χ3n) is 3.63. The second-order valence-electron chi connectivity index (χ2n) is 5.18. The second kappa shape index (κ2) is 7.80. The first kappa shape index (κ1) is 16.4. The average Bonchev–Trinajstić information content (AvgIpc) is 2.95. The number of rotatable bonds is 6. The summed E-state index contributed by atoms with van der Waals surface area (Å²) in [5.74, 6) is 0.0457. The molecule has 4 nitrogen and oxygen atoms in total. The number of carbonyl (C=O) groups excluding carboxylic acids is 2. The first-order valence-electron chi connectivity index (χ1n) is 6.98. The Labute approximate surface area is 121 Å². The van der Waals surface area contributed by atoms with Crippen LogP contribution in [-0.2, 0) is 9.59 Å². The summed E-state index contributed by atoms with van der Waals surface area (Å²) in [6.07, 6.45) is 6.37. The molecule has 1 aliphatic heterocycles. The highest BCUT2D eigenvalue weighted by atomic mass is 16.2. The molecule has 0 aromatic carbocycles.